The van der Waals surface area contributed by atoms with E-state index in [1.54, 1.807) is 22.8 Å². The molecule has 0 radical (unpaired) electrons. The standard InChI is InChI=1S/C74H50N4O.Pt/c1-50-39-73(75-48-51(50)2)78-69-34-16-15-31-67(69)68-38-37-64(47-72(68)78)79-63-30-19-29-62(46-63)76-49-77(71-36-18-17-35-70(71)76)74-65(60-42-56(52-21-7-3-8-22-52)40-57(43-60)53-23-9-4-10-24-53)32-20-33-66(74)61-44-58(54-25-11-5-12-26-54)41-59(45-61)55-27-13-6-14-28-55;/h3-45,48H,1-2H3;/q-2;/i1D3,2D3,40D,41D,42D,43D,44D,45D;. The minimum atomic E-state index is -2.76. The molecule has 384 valence electrons. The van der Waals surface area contributed by atoms with Gasteiger partial charge in [-0.25, -0.2) is 4.98 Å². The van der Waals surface area contributed by atoms with Gasteiger partial charge in [0.15, 0.2) is 0 Å². The summed E-state index contributed by atoms with van der Waals surface area (Å²) < 4.78 is 122. The molecule has 0 bridgehead atoms. The summed E-state index contributed by atoms with van der Waals surface area (Å²) in [6, 6.07) is 74.6. The molecule has 0 saturated heterocycles. The van der Waals surface area contributed by atoms with Crippen LogP contribution in [0.25, 0.3) is 117 Å². The Morgan fingerprint density at radius 1 is 0.450 bits per heavy atom. The summed E-state index contributed by atoms with van der Waals surface area (Å²) in [4.78, 5) is 4.53. The number of aryl methyl sites for hydroxylation is 2. The number of nitrogens with zero attached hydrogens (tertiary/aromatic N) is 4. The number of fused-ring (bicyclic) bond motifs is 4. The van der Waals surface area contributed by atoms with E-state index in [2.05, 4.69) is 23.4 Å². The van der Waals surface area contributed by atoms with Crippen LogP contribution in [0, 0.1) is 32.2 Å². The van der Waals surface area contributed by atoms with Gasteiger partial charge in [0.05, 0.1) is 24.9 Å². The van der Waals surface area contributed by atoms with E-state index < -0.39 is 13.7 Å². The van der Waals surface area contributed by atoms with Gasteiger partial charge in [-0.2, -0.15) is 18.2 Å². The van der Waals surface area contributed by atoms with Crippen LogP contribution in [0.1, 0.15) is 27.6 Å². The number of rotatable bonds is 11. The molecule has 0 amide bonds. The molecule has 11 aromatic carbocycles. The molecule has 3 heterocycles. The van der Waals surface area contributed by atoms with Crippen LogP contribution in [0.5, 0.6) is 11.5 Å². The first-order chi connectivity index (χ1) is 44.0. The summed E-state index contributed by atoms with van der Waals surface area (Å²) in [7, 11) is 0. The first kappa shape index (κ1) is 38.0. The Bertz CT molecular complexity index is 4890. The fourth-order valence-corrected chi connectivity index (χ4v) is 10.3. The van der Waals surface area contributed by atoms with Crippen molar-refractivity contribution in [1.82, 2.24) is 14.1 Å². The Hall–Kier alpha value is -9.67. The second-order valence-corrected chi connectivity index (χ2v) is 19.0. The number of pyridine rings is 1. The molecule has 0 aliphatic rings. The van der Waals surface area contributed by atoms with Crippen molar-refractivity contribution >= 4 is 32.8 Å². The molecule has 0 atom stereocenters. The van der Waals surface area contributed by atoms with Crippen molar-refractivity contribution in [3.8, 4) is 95.5 Å². The van der Waals surface area contributed by atoms with Gasteiger partial charge in [0.25, 0.3) is 6.33 Å². The van der Waals surface area contributed by atoms with Crippen molar-refractivity contribution < 1.29 is 46.8 Å². The molecule has 14 rings (SSSR count). The monoisotopic (exact) mass is 1220 g/mol. The SMILES string of the molecule is [2H]c1c(-c2ccccc2)c([2H])c(-c2cccc(-c3c([2H])c(-c4ccccc4)c([2H])c(-c4ccccc4)c3[2H])c2-[n+]2[c-]n(-c3[c-]c(Oc4[c-]c5c(cc4)c4ccccc4n5-c4cc(C([2H])([2H])[2H])c(C([2H])([2H])[2H])cn4)ccc3)c3ccccc32)c([2H])c1-c1ccccc1.[Pt]. The number of hydrogen-bond acceptors (Lipinski definition) is 2. The molecular weight excluding hydrogens is 1160 g/mol. The van der Waals surface area contributed by atoms with Crippen LogP contribution >= 0.6 is 0 Å². The number of para-hydroxylation sites is 4. The van der Waals surface area contributed by atoms with Gasteiger partial charge in [0, 0.05) is 52.5 Å². The first-order valence-corrected chi connectivity index (χ1v) is 25.7. The summed E-state index contributed by atoms with van der Waals surface area (Å²) in [5.41, 5.74) is 7.40. The molecule has 0 fully saturated rings. The Morgan fingerprint density at radius 2 is 0.950 bits per heavy atom. The van der Waals surface area contributed by atoms with E-state index in [-0.39, 0.29) is 96.9 Å². The Morgan fingerprint density at radius 3 is 1.52 bits per heavy atom. The van der Waals surface area contributed by atoms with Gasteiger partial charge in [0.1, 0.15) is 5.82 Å². The van der Waals surface area contributed by atoms with Gasteiger partial charge >= 0.3 is 0 Å². The third kappa shape index (κ3) is 9.32. The molecule has 0 N–H and O–H groups in total. The maximum absolute atomic E-state index is 10.3. The first-order valence-electron chi connectivity index (χ1n) is 31.7. The van der Waals surface area contributed by atoms with Crippen molar-refractivity contribution in [3.63, 3.8) is 0 Å². The number of hydrogen-bond donors (Lipinski definition) is 0. The van der Waals surface area contributed by atoms with Crippen LogP contribution < -0.4 is 9.30 Å². The molecule has 14 aromatic rings. The zero-order valence-corrected chi connectivity index (χ0v) is 44.7. The molecule has 6 heteroatoms. The van der Waals surface area contributed by atoms with Crippen LogP contribution in [0.3, 0.4) is 0 Å². The van der Waals surface area contributed by atoms with E-state index in [4.69, 9.17) is 13.0 Å². The third-order valence-corrected chi connectivity index (χ3v) is 14.0. The zero-order valence-electron chi connectivity index (χ0n) is 54.5. The van der Waals surface area contributed by atoms with Crippen molar-refractivity contribution in [2.24, 2.45) is 0 Å². The van der Waals surface area contributed by atoms with Crippen LogP contribution in [0.15, 0.2) is 267 Å². The molecular formula is C74H50N4OPt-2. The molecule has 5 nitrogen and oxygen atoms in total. The van der Waals surface area contributed by atoms with Crippen LogP contribution in [0.2, 0.25) is 0 Å². The molecule has 0 unspecified atom stereocenters. The van der Waals surface area contributed by atoms with Crippen molar-refractivity contribution in [2.75, 3.05) is 0 Å². The summed E-state index contributed by atoms with van der Waals surface area (Å²) in [5.74, 6) is 0.737. The summed E-state index contributed by atoms with van der Waals surface area (Å²) in [6.45, 7) is -5.49. The second kappa shape index (κ2) is 21.3. The Balaban J connectivity index is 0.00000773. The molecule has 80 heavy (non-hydrogen) atoms. The number of ether oxygens (including phenoxy) is 1. The number of aromatic nitrogens is 4. The number of imidazole rings is 1. The van der Waals surface area contributed by atoms with E-state index in [1.165, 1.54) is 6.07 Å². The summed E-state index contributed by atoms with van der Waals surface area (Å²) in [6.07, 6.45) is 4.75. The van der Waals surface area contributed by atoms with E-state index in [9.17, 15) is 8.22 Å². The Labute approximate surface area is 497 Å². The largest absolute Gasteiger partial charge is 0.510 e. The minimum absolute atomic E-state index is 0. The average Bonchev–Trinajstić information content (AvgIpc) is 1.19. The van der Waals surface area contributed by atoms with Crippen molar-refractivity contribution in [2.45, 2.75) is 13.7 Å². The smallest absolute Gasteiger partial charge is 0.268 e. The summed E-state index contributed by atoms with van der Waals surface area (Å²) in [5, 5.41) is 1.57. The van der Waals surface area contributed by atoms with Crippen molar-refractivity contribution in [3.05, 3.63) is 296 Å². The van der Waals surface area contributed by atoms with Gasteiger partial charge in [-0.3, -0.25) is 4.57 Å². The predicted molar refractivity (Wildman–Crippen MR) is 322 cm³/mol. The molecule has 0 saturated carbocycles. The molecule has 0 spiro atoms. The van der Waals surface area contributed by atoms with E-state index in [0.717, 1.165) is 17.0 Å². The summed E-state index contributed by atoms with van der Waals surface area (Å²) >= 11 is 0. The third-order valence-electron chi connectivity index (χ3n) is 14.0. The van der Waals surface area contributed by atoms with Crippen molar-refractivity contribution in [1.29, 1.82) is 0 Å². The fourth-order valence-electron chi connectivity index (χ4n) is 10.3. The van der Waals surface area contributed by atoms with Gasteiger partial charge in [-0.1, -0.05) is 188 Å². The topological polar surface area (TPSA) is 35.9 Å². The Kier molecular flexibility index (Phi) is 10.1. The minimum Gasteiger partial charge on any atom is -0.510 e. The average molecular weight is 1220 g/mol. The molecule has 0 aliphatic carbocycles. The van der Waals surface area contributed by atoms with Gasteiger partial charge in [0.2, 0.25) is 0 Å². The van der Waals surface area contributed by atoms with E-state index >= 15 is 0 Å². The van der Waals surface area contributed by atoms with E-state index in [1.807, 2.05) is 209 Å². The normalized spacial score (nSPS) is 13.8. The van der Waals surface area contributed by atoms with Crippen LogP contribution in [-0.4, -0.2) is 14.1 Å². The van der Waals surface area contributed by atoms with Gasteiger partial charge < -0.3 is 13.9 Å². The number of benzene rings is 11. The maximum atomic E-state index is 10.3. The van der Waals surface area contributed by atoms with Crippen LogP contribution in [0.4, 0.5) is 0 Å². The van der Waals surface area contributed by atoms with Crippen LogP contribution in [-0.2, 0) is 21.1 Å². The maximum Gasteiger partial charge on any atom is 0.268 e. The van der Waals surface area contributed by atoms with Gasteiger partial charge in [-0.15, -0.1) is 29.7 Å². The molecule has 3 aromatic heterocycles. The fraction of sp³-hybridized carbons (Fsp3) is 0.0270. The van der Waals surface area contributed by atoms with Gasteiger partial charge in [-0.05, 0) is 151 Å². The predicted octanol–water partition coefficient (Wildman–Crippen LogP) is 18.2. The zero-order chi connectivity index (χ0) is 63.0. The molecule has 0 aliphatic heterocycles. The van der Waals surface area contributed by atoms with E-state index in [0.29, 0.717) is 89.1 Å². The quantitative estimate of drug-likeness (QED) is 0.0956. The second-order valence-electron chi connectivity index (χ2n) is 19.0.